The van der Waals surface area contributed by atoms with Crippen LogP contribution < -0.4 is 10.6 Å². The summed E-state index contributed by atoms with van der Waals surface area (Å²) in [4.78, 5) is 21.5. The van der Waals surface area contributed by atoms with Crippen molar-refractivity contribution < 1.29 is 14.7 Å². The molecule has 0 aromatic carbocycles. The molecule has 0 fully saturated rings. The number of carboxylic acids is 1. The van der Waals surface area contributed by atoms with E-state index in [9.17, 15) is 9.59 Å². The van der Waals surface area contributed by atoms with Crippen LogP contribution in [-0.2, 0) is 4.79 Å². The highest BCUT2D eigenvalue weighted by atomic mass is 16.4. The van der Waals surface area contributed by atoms with Gasteiger partial charge in [-0.25, -0.2) is 4.79 Å². The van der Waals surface area contributed by atoms with Gasteiger partial charge in [-0.05, 0) is 13.3 Å². The highest BCUT2D eigenvalue weighted by Gasteiger charge is 2.12. The smallest absolute Gasteiger partial charge is 0.325 e. The second-order valence-corrected chi connectivity index (χ2v) is 3.52. The Morgan fingerprint density at radius 1 is 1.27 bits per heavy atom. The van der Waals surface area contributed by atoms with Gasteiger partial charge in [-0.3, -0.25) is 4.79 Å². The summed E-state index contributed by atoms with van der Waals surface area (Å²) in [5.41, 5.74) is 0. The number of aliphatic carboxylic acids is 1. The van der Waals surface area contributed by atoms with Gasteiger partial charge < -0.3 is 15.7 Å². The van der Waals surface area contributed by atoms with Crippen LogP contribution in [-0.4, -0.2) is 29.7 Å². The van der Waals surface area contributed by atoms with Gasteiger partial charge in [-0.1, -0.05) is 26.2 Å². The molecule has 1 atom stereocenters. The molecule has 3 N–H and O–H groups in total. The zero-order valence-corrected chi connectivity index (χ0v) is 9.38. The van der Waals surface area contributed by atoms with Crippen molar-refractivity contribution >= 4 is 12.0 Å². The van der Waals surface area contributed by atoms with E-state index in [0.29, 0.717) is 6.54 Å². The van der Waals surface area contributed by atoms with Crippen molar-refractivity contribution in [2.24, 2.45) is 0 Å². The van der Waals surface area contributed by atoms with Crippen molar-refractivity contribution in [1.82, 2.24) is 10.6 Å². The van der Waals surface area contributed by atoms with Gasteiger partial charge in [0, 0.05) is 6.54 Å². The Bertz CT molecular complexity index is 207. The van der Waals surface area contributed by atoms with E-state index in [2.05, 4.69) is 17.6 Å². The first-order valence-electron chi connectivity index (χ1n) is 5.35. The molecule has 0 aliphatic rings. The molecule has 0 rings (SSSR count). The number of carbonyl (C=O) groups excluding carboxylic acids is 1. The SMILES string of the molecule is CCCCCCNC(=O)N[C@H](C)C(=O)O. The number of carbonyl (C=O) groups is 2. The third-order valence-electron chi connectivity index (χ3n) is 2.03. The quantitative estimate of drug-likeness (QED) is 0.562. The fraction of sp³-hybridized carbons (Fsp3) is 0.800. The summed E-state index contributed by atoms with van der Waals surface area (Å²) in [6.07, 6.45) is 4.34. The molecule has 0 aromatic rings. The molecule has 0 aromatic heterocycles. The summed E-state index contributed by atoms with van der Waals surface area (Å²) in [6.45, 7) is 4.14. The first kappa shape index (κ1) is 13.7. The lowest BCUT2D eigenvalue weighted by atomic mass is 10.2. The molecule has 5 heteroatoms. The van der Waals surface area contributed by atoms with Gasteiger partial charge in [0.05, 0.1) is 0 Å². The molecule has 88 valence electrons. The number of unbranched alkanes of at least 4 members (excludes halogenated alkanes) is 3. The average molecular weight is 216 g/mol. The number of amides is 2. The molecule has 0 unspecified atom stereocenters. The van der Waals surface area contributed by atoms with Crippen LogP contribution >= 0.6 is 0 Å². The minimum atomic E-state index is -1.03. The Morgan fingerprint density at radius 2 is 1.93 bits per heavy atom. The fourth-order valence-corrected chi connectivity index (χ4v) is 1.06. The molecule has 0 spiro atoms. The molecular formula is C10H20N2O3. The highest BCUT2D eigenvalue weighted by Crippen LogP contribution is 1.96. The molecule has 0 bridgehead atoms. The van der Waals surface area contributed by atoms with Gasteiger partial charge in [0.15, 0.2) is 0 Å². The third kappa shape index (κ3) is 7.78. The summed E-state index contributed by atoms with van der Waals surface area (Å²) in [6, 6.07) is -1.26. The summed E-state index contributed by atoms with van der Waals surface area (Å²) >= 11 is 0. The normalized spacial score (nSPS) is 11.9. The molecule has 15 heavy (non-hydrogen) atoms. The summed E-state index contributed by atoms with van der Waals surface area (Å²) in [5, 5.41) is 13.5. The van der Waals surface area contributed by atoms with Crippen molar-refractivity contribution in [3.05, 3.63) is 0 Å². The van der Waals surface area contributed by atoms with Gasteiger partial charge in [0.25, 0.3) is 0 Å². The van der Waals surface area contributed by atoms with Crippen LogP contribution in [0.4, 0.5) is 4.79 Å². The molecule has 0 saturated heterocycles. The average Bonchev–Trinajstić information content (AvgIpc) is 2.17. The van der Waals surface area contributed by atoms with Crippen LogP contribution in [0.2, 0.25) is 0 Å². The monoisotopic (exact) mass is 216 g/mol. The zero-order chi connectivity index (χ0) is 11.7. The zero-order valence-electron chi connectivity index (χ0n) is 9.38. The summed E-state index contributed by atoms with van der Waals surface area (Å²) in [5.74, 6) is -1.03. The van der Waals surface area contributed by atoms with Crippen LogP contribution in [0.1, 0.15) is 39.5 Å². The standard InChI is InChI=1S/C10H20N2O3/c1-3-4-5-6-7-11-10(15)12-8(2)9(13)14/h8H,3-7H2,1-2H3,(H,13,14)(H2,11,12,15)/t8-/m1/s1. The first-order chi connectivity index (χ1) is 7.07. The minimum Gasteiger partial charge on any atom is -0.480 e. The van der Waals surface area contributed by atoms with Gasteiger partial charge in [0.2, 0.25) is 0 Å². The lowest BCUT2D eigenvalue weighted by Crippen LogP contribution is -2.44. The molecule has 2 amide bonds. The van der Waals surface area contributed by atoms with Crippen molar-refractivity contribution in [3.8, 4) is 0 Å². The number of hydrogen-bond donors (Lipinski definition) is 3. The van der Waals surface area contributed by atoms with Crippen LogP contribution in [0.15, 0.2) is 0 Å². The van der Waals surface area contributed by atoms with Crippen LogP contribution in [0.5, 0.6) is 0 Å². The molecule has 0 saturated carbocycles. The maximum Gasteiger partial charge on any atom is 0.325 e. The largest absolute Gasteiger partial charge is 0.480 e. The van der Waals surface area contributed by atoms with E-state index in [4.69, 9.17) is 5.11 Å². The van der Waals surface area contributed by atoms with Crippen LogP contribution in [0.25, 0.3) is 0 Å². The molecule has 0 radical (unpaired) electrons. The number of hydrogen-bond acceptors (Lipinski definition) is 2. The minimum absolute atomic E-state index is 0.415. The third-order valence-corrected chi connectivity index (χ3v) is 2.03. The Kier molecular flexibility index (Phi) is 7.40. The van der Waals surface area contributed by atoms with Crippen molar-refractivity contribution in [2.75, 3.05) is 6.54 Å². The number of nitrogens with one attached hydrogen (secondary N) is 2. The molecule has 0 aliphatic carbocycles. The lowest BCUT2D eigenvalue weighted by molar-refractivity contribution is -0.138. The van der Waals surface area contributed by atoms with Crippen molar-refractivity contribution in [2.45, 2.75) is 45.6 Å². The van der Waals surface area contributed by atoms with E-state index in [1.807, 2.05) is 0 Å². The predicted octanol–water partition coefficient (Wildman–Crippen LogP) is 1.34. The summed E-state index contributed by atoms with van der Waals surface area (Å²) in [7, 11) is 0. The second-order valence-electron chi connectivity index (χ2n) is 3.52. The van der Waals surface area contributed by atoms with Gasteiger partial charge in [-0.15, -0.1) is 0 Å². The Hall–Kier alpha value is -1.26. The predicted molar refractivity (Wildman–Crippen MR) is 57.8 cm³/mol. The van der Waals surface area contributed by atoms with Gasteiger partial charge in [-0.2, -0.15) is 0 Å². The number of urea groups is 1. The van der Waals surface area contributed by atoms with E-state index < -0.39 is 18.0 Å². The fourth-order valence-electron chi connectivity index (χ4n) is 1.06. The first-order valence-corrected chi connectivity index (χ1v) is 5.35. The molecule has 0 heterocycles. The maximum absolute atomic E-state index is 11.1. The lowest BCUT2D eigenvalue weighted by Gasteiger charge is -2.10. The van der Waals surface area contributed by atoms with E-state index >= 15 is 0 Å². The Labute approximate surface area is 90.2 Å². The molecular weight excluding hydrogens is 196 g/mol. The van der Waals surface area contributed by atoms with E-state index in [0.717, 1.165) is 25.7 Å². The van der Waals surface area contributed by atoms with Crippen LogP contribution in [0.3, 0.4) is 0 Å². The van der Waals surface area contributed by atoms with E-state index in [1.54, 1.807) is 0 Å². The van der Waals surface area contributed by atoms with E-state index in [-0.39, 0.29) is 0 Å². The van der Waals surface area contributed by atoms with Gasteiger partial charge >= 0.3 is 12.0 Å². The Balaban J connectivity index is 3.45. The maximum atomic E-state index is 11.1. The van der Waals surface area contributed by atoms with E-state index in [1.165, 1.54) is 6.92 Å². The highest BCUT2D eigenvalue weighted by molar-refractivity contribution is 5.82. The number of rotatable bonds is 7. The Morgan fingerprint density at radius 3 is 2.47 bits per heavy atom. The second kappa shape index (κ2) is 8.08. The van der Waals surface area contributed by atoms with Gasteiger partial charge in [0.1, 0.15) is 6.04 Å². The van der Waals surface area contributed by atoms with Crippen molar-refractivity contribution in [3.63, 3.8) is 0 Å². The molecule has 0 aliphatic heterocycles. The van der Waals surface area contributed by atoms with Crippen LogP contribution in [0, 0.1) is 0 Å². The number of carboxylic acid groups (broad SMARTS) is 1. The van der Waals surface area contributed by atoms with Crippen molar-refractivity contribution in [1.29, 1.82) is 0 Å². The topological polar surface area (TPSA) is 78.4 Å². The molecule has 5 nitrogen and oxygen atoms in total. The summed E-state index contributed by atoms with van der Waals surface area (Å²) < 4.78 is 0.